The van der Waals surface area contributed by atoms with Gasteiger partial charge < -0.3 is 33.8 Å². The maximum Gasteiger partial charge on any atom is 0.472 e. The Morgan fingerprint density at radius 2 is 0.434 bits per heavy atom. The molecule has 19 heteroatoms. The normalized spacial score (nSPS) is 13.8. The Labute approximate surface area is 651 Å². The summed E-state index contributed by atoms with van der Waals surface area (Å²) in [5, 5.41) is 10.7. The number of phosphoric ester groups is 2. The van der Waals surface area contributed by atoms with Crippen LogP contribution >= 0.6 is 15.6 Å². The van der Waals surface area contributed by atoms with E-state index in [-0.39, 0.29) is 25.7 Å². The summed E-state index contributed by atoms with van der Waals surface area (Å²) in [7, 11) is -9.93. The molecule has 0 aromatic rings. The van der Waals surface area contributed by atoms with Gasteiger partial charge in [-0.3, -0.25) is 37.3 Å². The number of aliphatic hydroxyl groups is 1. The van der Waals surface area contributed by atoms with Gasteiger partial charge in [0.05, 0.1) is 26.4 Å². The summed E-state index contributed by atoms with van der Waals surface area (Å²) in [5.74, 6) is -0.626. The molecule has 0 amide bonds. The first kappa shape index (κ1) is 104. The van der Waals surface area contributed by atoms with Gasteiger partial charge in [-0.15, -0.1) is 0 Å². The lowest BCUT2D eigenvalue weighted by atomic mass is 10.0. The van der Waals surface area contributed by atoms with Crippen LogP contribution < -0.4 is 0 Å². The molecule has 0 saturated heterocycles. The van der Waals surface area contributed by atoms with Crippen molar-refractivity contribution in [2.75, 3.05) is 39.6 Å². The molecule has 17 nitrogen and oxygen atoms in total. The van der Waals surface area contributed by atoms with Gasteiger partial charge in [0, 0.05) is 25.7 Å². The van der Waals surface area contributed by atoms with Crippen LogP contribution in [0.1, 0.15) is 465 Å². The largest absolute Gasteiger partial charge is 0.472 e. The summed E-state index contributed by atoms with van der Waals surface area (Å²) < 4.78 is 68.9. The highest BCUT2D eigenvalue weighted by Gasteiger charge is 2.30. The number of ether oxygens (including phenoxy) is 4. The van der Waals surface area contributed by atoms with Gasteiger partial charge in [-0.1, -0.05) is 414 Å². The van der Waals surface area contributed by atoms with E-state index in [0.29, 0.717) is 25.7 Å². The molecular weight excluding hydrogens is 1380 g/mol. The Morgan fingerprint density at radius 3 is 0.642 bits per heavy atom. The van der Waals surface area contributed by atoms with E-state index in [1.807, 2.05) is 0 Å². The molecule has 630 valence electrons. The minimum absolute atomic E-state index is 0.106. The fourth-order valence-corrected chi connectivity index (χ4v) is 15.2. The van der Waals surface area contributed by atoms with Crippen molar-refractivity contribution in [3.63, 3.8) is 0 Å². The van der Waals surface area contributed by atoms with Gasteiger partial charge in [-0.05, 0) is 37.5 Å². The van der Waals surface area contributed by atoms with Crippen LogP contribution in [-0.2, 0) is 65.4 Å². The lowest BCUT2D eigenvalue weighted by molar-refractivity contribution is -0.161. The lowest BCUT2D eigenvalue weighted by Gasteiger charge is -2.21. The van der Waals surface area contributed by atoms with Gasteiger partial charge in [0.1, 0.15) is 19.3 Å². The number of esters is 4. The predicted molar refractivity (Wildman–Crippen MR) is 437 cm³/mol. The zero-order valence-corrected chi connectivity index (χ0v) is 71.5. The summed E-state index contributed by atoms with van der Waals surface area (Å²) in [6.07, 6.45) is 71.1. The van der Waals surface area contributed by atoms with Crippen LogP contribution in [0.3, 0.4) is 0 Å². The fourth-order valence-electron chi connectivity index (χ4n) is 13.6. The van der Waals surface area contributed by atoms with Crippen molar-refractivity contribution in [1.82, 2.24) is 0 Å². The molecule has 0 saturated carbocycles. The first-order valence-electron chi connectivity index (χ1n) is 45.0. The number of rotatable bonds is 86. The molecule has 0 aliphatic carbocycles. The Hall–Kier alpha value is -1.94. The van der Waals surface area contributed by atoms with Crippen molar-refractivity contribution in [2.24, 2.45) is 11.8 Å². The minimum Gasteiger partial charge on any atom is -0.462 e. The summed E-state index contributed by atoms with van der Waals surface area (Å²) in [5.41, 5.74) is 0. The van der Waals surface area contributed by atoms with E-state index in [0.717, 1.165) is 102 Å². The van der Waals surface area contributed by atoms with Crippen LogP contribution in [0.4, 0.5) is 0 Å². The van der Waals surface area contributed by atoms with E-state index in [9.17, 15) is 43.2 Å². The molecular formula is C87H170O17P2. The molecule has 0 spiro atoms. The highest BCUT2D eigenvalue weighted by molar-refractivity contribution is 7.47. The number of aliphatic hydroxyl groups excluding tert-OH is 1. The monoisotopic (exact) mass is 1550 g/mol. The Morgan fingerprint density at radius 1 is 0.255 bits per heavy atom. The smallest absolute Gasteiger partial charge is 0.462 e. The molecule has 0 aromatic carbocycles. The third-order valence-electron chi connectivity index (χ3n) is 20.5. The average molecular weight is 1550 g/mol. The molecule has 0 radical (unpaired) electrons. The molecule has 106 heavy (non-hydrogen) atoms. The quantitative estimate of drug-likeness (QED) is 0.0222. The number of phosphoric acid groups is 2. The molecule has 2 unspecified atom stereocenters. The van der Waals surface area contributed by atoms with E-state index >= 15 is 0 Å². The number of hydrogen-bond donors (Lipinski definition) is 3. The second-order valence-corrected chi connectivity index (χ2v) is 35.1. The van der Waals surface area contributed by atoms with Gasteiger partial charge in [0.15, 0.2) is 12.2 Å². The van der Waals surface area contributed by atoms with Crippen LogP contribution in [0.15, 0.2) is 0 Å². The molecule has 3 N–H and O–H groups in total. The molecule has 0 heterocycles. The molecule has 0 aromatic heterocycles. The zero-order chi connectivity index (χ0) is 77.8. The van der Waals surface area contributed by atoms with E-state index < -0.39 is 97.5 Å². The summed E-state index contributed by atoms with van der Waals surface area (Å²) in [6, 6.07) is 0. The topological polar surface area (TPSA) is 237 Å². The van der Waals surface area contributed by atoms with Crippen molar-refractivity contribution < 1.29 is 80.2 Å². The maximum absolute atomic E-state index is 13.2. The third kappa shape index (κ3) is 80.1. The molecule has 0 fully saturated rings. The van der Waals surface area contributed by atoms with Crippen LogP contribution in [-0.4, -0.2) is 96.7 Å². The standard InChI is InChI=1S/C87H170O17P2/c1-7-9-11-13-15-17-19-21-23-25-27-29-30-32-34-36-38-40-45-53-59-65-71-86(91)103-82(75-97-84(89)69-63-57-51-44-39-37-35-33-31-28-26-24-22-20-18-16-14-12-10-8-2)77-101-105(93,94)99-73-81(88)74-100-106(95,96)102-78-83(76-98-85(90)70-64-58-52-48-47-50-56-62-68-80(5)6)104-87(92)72-66-60-54-46-42-41-43-49-55-61-67-79(3)4/h79-83,88H,7-78H2,1-6H3,(H,93,94)(H,95,96)/t81-,82-,83-/m1/s1. The fraction of sp³-hybridized carbons (Fsp3) is 0.954. The SMILES string of the molecule is CCCCCCCCCCCCCCCCCCCCCCCCC(=O)O[C@H](COC(=O)CCCCCCCCCCCCCCCCCCCCCC)COP(=O)(O)OC[C@@H](O)COP(=O)(O)OC[C@@H](COC(=O)CCCCCCCCCCC(C)C)OC(=O)CCCCCCCCCCCCC(C)C. The molecule has 0 bridgehead atoms. The maximum atomic E-state index is 13.2. The molecule has 0 aliphatic heterocycles. The van der Waals surface area contributed by atoms with Crippen molar-refractivity contribution in [2.45, 2.75) is 484 Å². The average Bonchev–Trinajstić information content (AvgIpc) is 0.903. The van der Waals surface area contributed by atoms with Crippen LogP contribution in [0, 0.1) is 11.8 Å². The number of hydrogen-bond acceptors (Lipinski definition) is 15. The van der Waals surface area contributed by atoms with E-state index in [4.69, 9.17) is 37.0 Å². The van der Waals surface area contributed by atoms with Crippen LogP contribution in [0.2, 0.25) is 0 Å². The summed E-state index contributed by atoms with van der Waals surface area (Å²) in [6.45, 7) is 9.62. The summed E-state index contributed by atoms with van der Waals surface area (Å²) in [4.78, 5) is 73.2. The lowest BCUT2D eigenvalue weighted by Crippen LogP contribution is -2.30. The highest BCUT2D eigenvalue weighted by Crippen LogP contribution is 2.45. The van der Waals surface area contributed by atoms with Crippen LogP contribution in [0.5, 0.6) is 0 Å². The van der Waals surface area contributed by atoms with Gasteiger partial charge in [0.25, 0.3) is 0 Å². The van der Waals surface area contributed by atoms with E-state index in [1.165, 1.54) is 283 Å². The second kappa shape index (κ2) is 78.3. The molecule has 0 rings (SSSR count). The van der Waals surface area contributed by atoms with Crippen molar-refractivity contribution in [1.29, 1.82) is 0 Å². The molecule has 0 aliphatic rings. The van der Waals surface area contributed by atoms with Gasteiger partial charge in [-0.25, -0.2) is 9.13 Å². The molecule has 5 atom stereocenters. The second-order valence-electron chi connectivity index (χ2n) is 32.2. The van der Waals surface area contributed by atoms with Gasteiger partial charge in [0.2, 0.25) is 0 Å². The van der Waals surface area contributed by atoms with Crippen LogP contribution in [0.25, 0.3) is 0 Å². The number of carbonyl (C=O) groups excluding carboxylic acids is 4. The Kier molecular flexibility index (Phi) is 76.9. The number of unbranched alkanes of at least 4 members (excludes halogenated alkanes) is 56. The highest BCUT2D eigenvalue weighted by atomic mass is 31.2. The van der Waals surface area contributed by atoms with Gasteiger partial charge >= 0.3 is 39.5 Å². The van der Waals surface area contributed by atoms with Crippen molar-refractivity contribution >= 4 is 39.5 Å². The van der Waals surface area contributed by atoms with E-state index in [2.05, 4.69) is 41.5 Å². The van der Waals surface area contributed by atoms with Crippen molar-refractivity contribution in [3.05, 3.63) is 0 Å². The zero-order valence-electron chi connectivity index (χ0n) is 69.7. The Balaban J connectivity index is 5.21. The van der Waals surface area contributed by atoms with Crippen molar-refractivity contribution in [3.8, 4) is 0 Å². The number of carbonyl (C=O) groups is 4. The predicted octanol–water partition coefficient (Wildman–Crippen LogP) is 26.6. The summed E-state index contributed by atoms with van der Waals surface area (Å²) >= 11 is 0. The van der Waals surface area contributed by atoms with Gasteiger partial charge in [-0.2, -0.15) is 0 Å². The Bertz CT molecular complexity index is 2030. The first-order chi connectivity index (χ1) is 51.4. The van der Waals surface area contributed by atoms with E-state index in [1.54, 1.807) is 0 Å². The first-order valence-corrected chi connectivity index (χ1v) is 48.0. The minimum atomic E-state index is -4.97. The third-order valence-corrected chi connectivity index (χ3v) is 22.4.